The lowest BCUT2D eigenvalue weighted by atomic mass is 10.1. The van der Waals surface area contributed by atoms with Crippen molar-refractivity contribution in [2.75, 3.05) is 36.2 Å². The second kappa shape index (κ2) is 7.50. The van der Waals surface area contributed by atoms with Crippen LogP contribution in [-0.2, 0) is 9.53 Å². The van der Waals surface area contributed by atoms with Gasteiger partial charge in [-0.2, -0.15) is 5.01 Å². The van der Waals surface area contributed by atoms with Crippen molar-refractivity contribution < 1.29 is 9.53 Å². The molecule has 7 heteroatoms. The molecule has 5 nitrogen and oxygen atoms in total. The summed E-state index contributed by atoms with van der Waals surface area (Å²) in [4.78, 5) is 15.9. The van der Waals surface area contributed by atoms with Gasteiger partial charge in [-0.1, -0.05) is 23.9 Å². The number of thiocarbonyl (C=S) groups is 1. The van der Waals surface area contributed by atoms with Crippen molar-refractivity contribution in [3.05, 3.63) is 58.3 Å². The number of amides is 1. The van der Waals surface area contributed by atoms with E-state index in [2.05, 4.69) is 17.0 Å². The van der Waals surface area contributed by atoms with Crippen molar-refractivity contribution in [3.63, 3.8) is 0 Å². The predicted octanol–water partition coefficient (Wildman–Crippen LogP) is 3.48. The minimum absolute atomic E-state index is 0.0790. The summed E-state index contributed by atoms with van der Waals surface area (Å²) >= 11 is 6.82. The van der Waals surface area contributed by atoms with E-state index in [0.717, 1.165) is 43.3 Å². The normalized spacial score (nSPS) is 19.4. The summed E-state index contributed by atoms with van der Waals surface area (Å²) < 4.78 is 7.83. The van der Waals surface area contributed by atoms with E-state index in [1.54, 1.807) is 5.01 Å². The molecule has 0 saturated carbocycles. The summed E-state index contributed by atoms with van der Waals surface area (Å²) in [6, 6.07) is 12.3. The van der Waals surface area contributed by atoms with E-state index >= 15 is 0 Å². The number of carbonyl (C=O) groups excluding carboxylic acids is 1. The minimum atomic E-state index is -0.0790. The third-order valence-corrected chi connectivity index (χ3v) is 6.06. The number of rotatable bonds is 3. The van der Waals surface area contributed by atoms with E-state index in [0.29, 0.717) is 9.23 Å². The molecule has 0 unspecified atom stereocenters. The molecule has 2 aromatic rings. The lowest BCUT2D eigenvalue weighted by Crippen LogP contribution is -2.39. The van der Waals surface area contributed by atoms with E-state index in [-0.39, 0.29) is 5.91 Å². The third-order valence-electron chi connectivity index (χ3n) is 4.77. The number of nitrogens with zero attached hydrogens (tertiary/aromatic N) is 3. The second-order valence-electron chi connectivity index (χ2n) is 6.61. The van der Waals surface area contributed by atoms with Crippen molar-refractivity contribution >= 4 is 46.0 Å². The first-order valence-corrected chi connectivity index (χ1v) is 10.1. The van der Waals surface area contributed by atoms with Crippen molar-refractivity contribution in [1.29, 1.82) is 0 Å². The molecule has 27 heavy (non-hydrogen) atoms. The van der Waals surface area contributed by atoms with Gasteiger partial charge >= 0.3 is 0 Å². The lowest BCUT2D eigenvalue weighted by molar-refractivity contribution is -0.114. The summed E-state index contributed by atoms with van der Waals surface area (Å²) in [5.74, 6) is -0.0790. The van der Waals surface area contributed by atoms with Gasteiger partial charge in [0, 0.05) is 30.2 Å². The van der Waals surface area contributed by atoms with E-state index in [1.165, 1.54) is 17.4 Å². The molecule has 3 heterocycles. The molecule has 2 fully saturated rings. The highest BCUT2D eigenvalue weighted by Gasteiger charge is 2.34. The summed E-state index contributed by atoms with van der Waals surface area (Å²) in [6.07, 6.45) is 1.91. The number of hydrogen-bond acceptors (Lipinski definition) is 5. The van der Waals surface area contributed by atoms with Crippen LogP contribution in [0.15, 0.2) is 41.3 Å². The zero-order valence-corrected chi connectivity index (χ0v) is 17.0. The van der Waals surface area contributed by atoms with E-state index in [9.17, 15) is 4.79 Å². The van der Waals surface area contributed by atoms with E-state index in [1.807, 2.05) is 48.9 Å². The molecule has 1 aromatic heterocycles. The van der Waals surface area contributed by atoms with Crippen LogP contribution in [0.3, 0.4) is 0 Å². The number of carbonyl (C=O) groups is 1. The predicted molar refractivity (Wildman–Crippen MR) is 115 cm³/mol. The highest BCUT2D eigenvalue weighted by molar-refractivity contribution is 8.27. The molecule has 2 saturated heterocycles. The van der Waals surface area contributed by atoms with Crippen molar-refractivity contribution in [3.8, 4) is 0 Å². The fourth-order valence-corrected chi connectivity index (χ4v) is 4.60. The molecule has 2 aliphatic heterocycles. The Balaban J connectivity index is 1.56. The zero-order valence-electron chi connectivity index (χ0n) is 15.3. The van der Waals surface area contributed by atoms with Crippen LogP contribution in [0.4, 0.5) is 5.69 Å². The summed E-state index contributed by atoms with van der Waals surface area (Å²) in [5, 5.41) is 1.58. The number of morpholine rings is 1. The molecule has 0 N–H and O–H groups in total. The number of ether oxygens (including phenoxy) is 1. The molecule has 0 spiro atoms. The van der Waals surface area contributed by atoms with Gasteiger partial charge in [0.05, 0.1) is 18.1 Å². The Morgan fingerprint density at radius 1 is 1.04 bits per heavy atom. The quantitative estimate of drug-likeness (QED) is 0.584. The van der Waals surface area contributed by atoms with Crippen LogP contribution in [-0.4, -0.2) is 41.2 Å². The first-order valence-electron chi connectivity index (χ1n) is 8.90. The average Bonchev–Trinajstić information content (AvgIpc) is 3.14. The smallest absolute Gasteiger partial charge is 0.285 e. The van der Waals surface area contributed by atoms with Crippen LogP contribution in [0.1, 0.15) is 17.0 Å². The van der Waals surface area contributed by atoms with Crippen LogP contribution < -0.4 is 9.91 Å². The van der Waals surface area contributed by atoms with Crippen LogP contribution in [0, 0.1) is 13.8 Å². The van der Waals surface area contributed by atoms with Crippen LogP contribution in [0.25, 0.3) is 6.08 Å². The van der Waals surface area contributed by atoms with Gasteiger partial charge in [-0.3, -0.25) is 9.47 Å². The van der Waals surface area contributed by atoms with Gasteiger partial charge in [0.2, 0.25) is 0 Å². The number of hydrogen-bond donors (Lipinski definition) is 0. The molecule has 140 valence electrons. The SMILES string of the molecule is Cc1ccc(C)n1N1C(=O)C(=Cc2ccc(N3CCOCC3)cc2)SC1=S. The fraction of sp³-hybridized carbons (Fsp3) is 0.300. The number of aromatic nitrogens is 1. The standard InChI is InChI=1S/C20H21N3O2S2/c1-14-3-4-15(2)22(14)23-19(24)18(27-20(23)26)13-16-5-7-17(8-6-16)21-9-11-25-12-10-21/h3-8,13H,9-12H2,1-2H3. The summed E-state index contributed by atoms with van der Waals surface area (Å²) in [5.41, 5.74) is 4.15. The molecule has 0 aliphatic carbocycles. The van der Waals surface area contributed by atoms with E-state index in [4.69, 9.17) is 17.0 Å². The van der Waals surface area contributed by atoms with Gasteiger partial charge in [0.1, 0.15) is 0 Å². The number of anilines is 1. The second-order valence-corrected chi connectivity index (χ2v) is 8.29. The van der Waals surface area contributed by atoms with Gasteiger partial charge in [0.15, 0.2) is 4.32 Å². The van der Waals surface area contributed by atoms with Crippen LogP contribution >= 0.6 is 24.0 Å². The van der Waals surface area contributed by atoms with Gasteiger partial charge in [-0.25, -0.2) is 0 Å². The third kappa shape index (κ3) is 3.54. The molecule has 4 rings (SSSR count). The largest absolute Gasteiger partial charge is 0.378 e. The van der Waals surface area contributed by atoms with Crippen molar-refractivity contribution in [2.45, 2.75) is 13.8 Å². The Hall–Kier alpha value is -2.09. The van der Waals surface area contributed by atoms with Gasteiger partial charge in [0.25, 0.3) is 5.91 Å². The van der Waals surface area contributed by atoms with Gasteiger partial charge in [-0.15, -0.1) is 0 Å². The molecular weight excluding hydrogens is 378 g/mol. The molecule has 1 amide bonds. The number of aryl methyl sites for hydroxylation is 2. The Morgan fingerprint density at radius 2 is 1.67 bits per heavy atom. The first kappa shape index (κ1) is 18.3. The van der Waals surface area contributed by atoms with Crippen molar-refractivity contribution in [1.82, 2.24) is 4.68 Å². The first-order chi connectivity index (χ1) is 13.0. The monoisotopic (exact) mass is 399 g/mol. The maximum absolute atomic E-state index is 12.9. The lowest BCUT2D eigenvalue weighted by Gasteiger charge is -2.28. The zero-order chi connectivity index (χ0) is 19.0. The highest BCUT2D eigenvalue weighted by Crippen LogP contribution is 2.33. The summed E-state index contributed by atoms with van der Waals surface area (Å²) in [6.45, 7) is 7.30. The van der Waals surface area contributed by atoms with Crippen LogP contribution in [0.2, 0.25) is 0 Å². The van der Waals surface area contributed by atoms with E-state index < -0.39 is 0 Å². The minimum Gasteiger partial charge on any atom is -0.378 e. The van der Waals surface area contributed by atoms with Gasteiger partial charge in [-0.05, 0) is 62.0 Å². The molecule has 2 aliphatic rings. The van der Waals surface area contributed by atoms with Gasteiger partial charge < -0.3 is 9.64 Å². The maximum atomic E-state index is 12.9. The molecule has 0 radical (unpaired) electrons. The Bertz CT molecular complexity index is 892. The fourth-order valence-electron chi connectivity index (χ4n) is 3.36. The van der Waals surface area contributed by atoms with Crippen molar-refractivity contribution in [2.24, 2.45) is 0 Å². The maximum Gasteiger partial charge on any atom is 0.285 e. The Morgan fingerprint density at radius 3 is 2.30 bits per heavy atom. The molecule has 0 bridgehead atoms. The summed E-state index contributed by atoms with van der Waals surface area (Å²) in [7, 11) is 0. The Kier molecular flexibility index (Phi) is 5.08. The molecular formula is C20H21N3O2S2. The number of thioether (sulfide) groups is 1. The average molecular weight is 400 g/mol. The number of benzene rings is 1. The molecule has 0 atom stereocenters. The van der Waals surface area contributed by atoms with Crippen LogP contribution in [0.5, 0.6) is 0 Å². The Labute approximate surface area is 168 Å². The highest BCUT2D eigenvalue weighted by atomic mass is 32.2. The molecule has 1 aromatic carbocycles. The topological polar surface area (TPSA) is 37.7 Å².